The molecule has 36 heavy (non-hydrogen) atoms. The van der Waals surface area contributed by atoms with E-state index in [1.807, 2.05) is 42.5 Å². The Morgan fingerprint density at radius 3 is 2.47 bits per heavy atom. The van der Waals surface area contributed by atoms with Crippen molar-refractivity contribution >= 4 is 23.6 Å². The van der Waals surface area contributed by atoms with Crippen LogP contribution in [0.2, 0.25) is 0 Å². The summed E-state index contributed by atoms with van der Waals surface area (Å²) in [6, 6.07) is 15.6. The van der Waals surface area contributed by atoms with Crippen molar-refractivity contribution in [1.82, 2.24) is 10.6 Å². The number of nitrogens with one attached hydrogen (secondary N) is 2. The highest BCUT2D eigenvalue weighted by molar-refractivity contribution is 6.02. The van der Waals surface area contributed by atoms with Crippen LogP contribution in [-0.4, -0.2) is 43.7 Å². The number of dihydropyridines is 1. The smallest absolute Gasteiger partial charge is 0.336 e. The molecule has 0 saturated carbocycles. The molecule has 0 fully saturated rings. The number of esters is 1. The van der Waals surface area contributed by atoms with Crippen LogP contribution in [0.25, 0.3) is 6.08 Å². The number of rotatable bonds is 10. The maximum absolute atomic E-state index is 13.4. The van der Waals surface area contributed by atoms with E-state index in [1.54, 1.807) is 19.9 Å². The van der Waals surface area contributed by atoms with E-state index in [1.165, 1.54) is 25.3 Å². The molecule has 188 valence electrons. The summed E-state index contributed by atoms with van der Waals surface area (Å²) in [7, 11) is 1.49. The minimum absolute atomic E-state index is 0.0300. The van der Waals surface area contributed by atoms with Gasteiger partial charge in [-0.3, -0.25) is 14.9 Å². The molecular weight excluding hydrogens is 462 g/mol. The third-order valence-corrected chi connectivity index (χ3v) is 5.65. The first-order chi connectivity index (χ1) is 17.3. The molecule has 2 N–H and O–H groups in total. The summed E-state index contributed by atoms with van der Waals surface area (Å²) >= 11 is 0. The number of carbonyl (C=O) groups excluding carboxylic acids is 2. The van der Waals surface area contributed by atoms with E-state index in [2.05, 4.69) is 10.6 Å². The van der Waals surface area contributed by atoms with Crippen LogP contribution in [0.1, 0.15) is 30.9 Å². The Hall–Kier alpha value is -4.24. The van der Waals surface area contributed by atoms with Crippen LogP contribution < -0.4 is 10.6 Å². The number of nitro benzene ring substituents is 1. The van der Waals surface area contributed by atoms with Crippen LogP contribution in [0.3, 0.4) is 0 Å². The topological polar surface area (TPSA) is 120 Å². The summed E-state index contributed by atoms with van der Waals surface area (Å²) in [6.07, 6.45) is 3.71. The number of hydrogen-bond donors (Lipinski definition) is 2. The number of ether oxygens (including phenoxy) is 2. The molecule has 1 atom stereocenters. The first-order valence-electron chi connectivity index (χ1n) is 11.4. The van der Waals surface area contributed by atoms with Crippen molar-refractivity contribution in [2.24, 2.45) is 0 Å². The first kappa shape index (κ1) is 26.4. The molecule has 0 spiro atoms. The first-order valence-corrected chi connectivity index (χ1v) is 11.4. The van der Waals surface area contributed by atoms with E-state index in [0.29, 0.717) is 17.0 Å². The van der Waals surface area contributed by atoms with E-state index < -0.39 is 22.7 Å². The Kier molecular flexibility index (Phi) is 9.13. The SMILES string of the molecule is COCCOC(=O)C1=C(C)NC(C)=C(C(=O)NCC=Cc2ccccc2)C1c1cccc([N+](=O)[O-])c1. The molecule has 0 radical (unpaired) electrons. The number of carbonyl (C=O) groups is 2. The van der Waals surface area contributed by atoms with Crippen LogP contribution in [-0.2, 0) is 19.1 Å². The monoisotopic (exact) mass is 491 g/mol. The molecule has 0 aromatic heterocycles. The lowest BCUT2D eigenvalue weighted by Gasteiger charge is -2.31. The largest absolute Gasteiger partial charge is 0.460 e. The summed E-state index contributed by atoms with van der Waals surface area (Å²) in [5.74, 6) is -1.89. The van der Waals surface area contributed by atoms with Crippen molar-refractivity contribution in [3.05, 3.63) is 104 Å². The van der Waals surface area contributed by atoms with Gasteiger partial charge in [0.15, 0.2) is 0 Å². The fourth-order valence-corrected chi connectivity index (χ4v) is 4.02. The van der Waals surface area contributed by atoms with Crippen molar-refractivity contribution in [3.63, 3.8) is 0 Å². The fourth-order valence-electron chi connectivity index (χ4n) is 4.02. The average molecular weight is 492 g/mol. The van der Waals surface area contributed by atoms with Crippen molar-refractivity contribution < 1.29 is 24.0 Å². The van der Waals surface area contributed by atoms with Gasteiger partial charge < -0.3 is 20.1 Å². The molecule has 1 heterocycles. The van der Waals surface area contributed by atoms with Crippen LogP contribution >= 0.6 is 0 Å². The second-order valence-corrected chi connectivity index (χ2v) is 8.14. The number of amides is 1. The molecule has 0 aliphatic carbocycles. The summed E-state index contributed by atoms with van der Waals surface area (Å²) in [6.45, 7) is 3.93. The molecule has 1 amide bonds. The average Bonchev–Trinajstić information content (AvgIpc) is 2.86. The number of nitrogens with zero attached hydrogens (tertiary/aromatic N) is 1. The Morgan fingerprint density at radius 2 is 1.78 bits per heavy atom. The second-order valence-electron chi connectivity index (χ2n) is 8.14. The lowest BCUT2D eigenvalue weighted by atomic mass is 9.80. The van der Waals surface area contributed by atoms with Crippen LogP contribution in [0.5, 0.6) is 0 Å². The van der Waals surface area contributed by atoms with E-state index in [4.69, 9.17) is 9.47 Å². The van der Waals surface area contributed by atoms with E-state index in [0.717, 1.165) is 5.56 Å². The summed E-state index contributed by atoms with van der Waals surface area (Å²) < 4.78 is 10.3. The highest BCUT2D eigenvalue weighted by Crippen LogP contribution is 2.39. The number of allylic oxidation sites excluding steroid dienone is 2. The number of hydrogen-bond acceptors (Lipinski definition) is 7. The molecule has 1 unspecified atom stereocenters. The zero-order valence-electron chi connectivity index (χ0n) is 20.4. The molecule has 1 aliphatic heterocycles. The van der Waals surface area contributed by atoms with Gasteiger partial charge in [-0.2, -0.15) is 0 Å². The normalized spacial score (nSPS) is 15.6. The van der Waals surface area contributed by atoms with Gasteiger partial charge in [-0.25, -0.2) is 4.79 Å². The molecule has 0 bridgehead atoms. The molecule has 9 nitrogen and oxygen atoms in total. The van der Waals surface area contributed by atoms with Gasteiger partial charge in [0.1, 0.15) is 6.61 Å². The zero-order chi connectivity index (χ0) is 26.1. The zero-order valence-corrected chi connectivity index (χ0v) is 20.4. The fraction of sp³-hybridized carbons (Fsp3) is 0.259. The van der Waals surface area contributed by atoms with Crippen molar-refractivity contribution in [2.45, 2.75) is 19.8 Å². The second kappa shape index (κ2) is 12.5. The van der Waals surface area contributed by atoms with Gasteiger partial charge in [-0.1, -0.05) is 54.6 Å². The van der Waals surface area contributed by atoms with E-state index in [9.17, 15) is 19.7 Å². The van der Waals surface area contributed by atoms with Crippen molar-refractivity contribution in [2.75, 3.05) is 26.9 Å². The van der Waals surface area contributed by atoms with E-state index >= 15 is 0 Å². The summed E-state index contributed by atoms with van der Waals surface area (Å²) in [5.41, 5.74) is 2.84. The highest BCUT2D eigenvalue weighted by atomic mass is 16.6. The molecule has 2 aromatic carbocycles. The summed E-state index contributed by atoms with van der Waals surface area (Å²) in [4.78, 5) is 37.4. The lowest BCUT2D eigenvalue weighted by molar-refractivity contribution is -0.384. The van der Waals surface area contributed by atoms with Gasteiger partial charge in [-0.15, -0.1) is 0 Å². The van der Waals surface area contributed by atoms with Gasteiger partial charge in [-0.05, 0) is 25.0 Å². The van der Waals surface area contributed by atoms with Crippen LogP contribution in [0, 0.1) is 10.1 Å². The van der Waals surface area contributed by atoms with Crippen molar-refractivity contribution in [1.29, 1.82) is 0 Å². The van der Waals surface area contributed by atoms with Gasteiger partial charge >= 0.3 is 5.97 Å². The predicted octanol–water partition coefficient (Wildman–Crippen LogP) is 3.85. The predicted molar refractivity (Wildman–Crippen MR) is 136 cm³/mol. The Labute approximate surface area is 209 Å². The van der Waals surface area contributed by atoms with Crippen molar-refractivity contribution in [3.8, 4) is 0 Å². The molecule has 0 saturated heterocycles. The third-order valence-electron chi connectivity index (χ3n) is 5.65. The quantitative estimate of drug-likeness (QED) is 0.224. The number of non-ortho nitro benzene ring substituents is 1. The molecule has 2 aromatic rings. The van der Waals surface area contributed by atoms with Gasteiger partial charge in [0.25, 0.3) is 5.69 Å². The Morgan fingerprint density at radius 1 is 1.06 bits per heavy atom. The minimum atomic E-state index is -0.862. The third kappa shape index (κ3) is 6.45. The summed E-state index contributed by atoms with van der Waals surface area (Å²) in [5, 5.41) is 17.4. The van der Waals surface area contributed by atoms with Gasteiger partial charge in [0.05, 0.1) is 23.0 Å². The van der Waals surface area contributed by atoms with Crippen LogP contribution in [0.15, 0.2) is 83.2 Å². The Bertz CT molecular complexity index is 1220. The molecule has 1 aliphatic rings. The number of methoxy groups -OCH3 is 1. The maximum Gasteiger partial charge on any atom is 0.336 e. The lowest BCUT2D eigenvalue weighted by Crippen LogP contribution is -2.36. The van der Waals surface area contributed by atoms with Gasteiger partial charge in [0.2, 0.25) is 5.91 Å². The molecule has 3 rings (SSSR count). The molecular formula is C27H29N3O6. The standard InChI is InChI=1S/C27H29N3O6/c1-18-23(26(31)28-14-8-11-20-9-5-4-6-10-20)25(21-12-7-13-22(17-21)30(33)34)24(19(2)29-18)27(32)36-16-15-35-3/h4-13,17,25,29H,14-16H2,1-3H3,(H,28,31). The van der Waals surface area contributed by atoms with Crippen LogP contribution in [0.4, 0.5) is 5.69 Å². The van der Waals surface area contributed by atoms with Gasteiger partial charge in [0, 0.05) is 42.8 Å². The van der Waals surface area contributed by atoms with E-state index in [-0.39, 0.29) is 36.6 Å². The Balaban J connectivity index is 1.94. The number of nitro groups is 1. The highest BCUT2D eigenvalue weighted by Gasteiger charge is 2.37. The minimum Gasteiger partial charge on any atom is -0.460 e. The number of benzene rings is 2. The maximum atomic E-state index is 13.4. The molecule has 9 heteroatoms.